The summed E-state index contributed by atoms with van der Waals surface area (Å²) in [5, 5.41) is 10.6. The number of phosphoric ester groups is 2. The van der Waals surface area contributed by atoms with Gasteiger partial charge >= 0.3 is 39.5 Å². The monoisotopic (exact) mass is 1470 g/mol. The van der Waals surface area contributed by atoms with Crippen LogP contribution in [0.4, 0.5) is 0 Å². The molecule has 0 aliphatic heterocycles. The molecule has 0 fully saturated rings. The van der Waals surface area contributed by atoms with Crippen molar-refractivity contribution in [2.24, 2.45) is 0 Å². The van der Waals surface area contributed by atoms with E-state index in [0.717, 1.165) is 135 Å². The molecule has 0 aliphatic carbocycles. The zero-order chi connectivity index (χ0) is 74.6. The van der Waals surface area contributed by atoms with Gasteiger partial charge in [-0.2, -0.15) is 0 Å². The van der Waals surface area contributed by atoms with Gasteiger partial charge < -0.3 is 33.8 Å². The fourth-order valence-electron chi connectivity index (χ4n) is 9.99. The van der Waals surface area contributed by atoms with Crippen molar-refractivity contribution in [3.05, 3.63) is 134 Å². The van der Waals surface area contributed by atoms with Crippen LogP contribution in [-0.2, 0) is 65.4 Å². The molecule has 0 heterocycles. The Morgan fingerprint density at radius 2 is 0.490 bits per heavy atom. The average molecular weight is 1470 g/mol. The van der Waals surface area contributed by atoms with Crippen molar-refractivity contribution in [1.29, 1.82) is 0 Å². The van der Waals surface area contributed by atoms with Crippen LogP contribution in [0.3, 0.4) is 0 Å². The third kappa shape index (κ3) is 73.5. The minimum atomic E-state index is -5.00. The number of carbonyl (C=O) groups is 4. The van der Waals surface area contributed by atoms with Gasteiger partial charge in [0.2, 0.25) is 0 Å². The Morgan fingerprint density at radius 1 is 0.275 bits per heavy atom. The normalized spacial score (nSPS) is 14.6. The van der Waals surface area contributed by atoms with Gasteiger partial charge in [0.1, 0.15) is 19.3 Å². The minimum Gasteiger partial charge on any atom is -0.462 e. The molecule has 3 N–H and O–H groups in total. The molecule has 0 saturated heterocycles. The van der Waals surface area contributed by atoms with Gasteiger partial charge in [0.05, 0.1) is 26.4 Å². The summed E-state index contributed by atoms with van der Waals surface area (Å²) in [7, 11) is -10.00. The molecule has 0 aliphatic rings. The smallest absolute Gasteiger partial charge is 0.462 e. The fourth-order valence-corrected chi connectivity index (χ4v) is 11.6. The van der Waals surface area contributed by atoms with Gasteiger partial charge in [-0.05, 0) is 161 Å². The predicted octanol–water partition coefficient (Wildman–Crippen LogP) is 22.9. The van der Waals surface area contributed by atoms with Gasteiger partial charge in [-0.25, -0.2) is 9.13 Å². The lowest BCUT2D eigenvalue weighted by Crippen LogP contribution is -2.30. The summed E-state index contributed by atoms with van der Waals surface area (Å²) in [4.78, 5) is 72.9. The summed E-state index contributed by atoms with van der Waals surface area (Å²) in [5.74, 6) is -2.33. The van der Waals surface area contributed by atoms with Crippen LogP contribution in [0, 0.1) is 0 Å². The number of esters is 4. The number of aliphatic hydroxyl groups is 1. The van der Waals surface area contributed by atoms with Gasteiger partial charge in [-0.15, -0.1) is 0 Å². The number of ether oxygens (including phenoxy) is 4. The van der Waals surface area contributed by atoms with E-state index in [9.17, 15) is 43.2 Å². The summed E-state index contributed by atoms with van der Waals surface area (Å²) in [5.41, 5.74) is 0. The van der Waals surface area contributed by atoms with Gasteiger partial charge in [0.15, 0.2) is 12.2 Å². The Labute approximate surface area is 618 Å². The summed E-state index contributed by atoms with van der Waals surface area (Å²) in [6.45, 7) is 4.62. The first-order valence-electron chi connectivity index (χ1n) is 39.4. The van der Waals surface area contributed by atoms with E-state index >= 15 is 0 Å². The van der Waals surface area contributed by atoms with E-state index in [0.29, 0.717) is 38.5 Å². The Bertz CT molecular complexity index is 2460. The van der Waals surface area contributed by atoms with Crippen LogP contribution in [0.5, 0.6) is 0 Å². The SMILES string of the molecule is CCCCC/C=C\C/C=C\C/C=C\C/C=C\CCCC(=O)OC[C@H](COP(=O)(O)OC[C@@H](O)COP(=O)(O)OC[C@@H](COC(=O)CCCCCCC/C=C\CCCCCC)OC(=O)CCC/C=C\C/C=C\C/C=C\C/C=C\CCCCC)OC(=O)CCCCCCC/C=C\C/C=C\CCCCC. The molecule has 0 aromatic carbocycles. The van der Waals surface area contributed by atoms with Gasteiger partial charge in [0.25, 0.3) is 0 Å². The topological polar surface area (TPSA) is 237 Å². The molecule has 2 unspecified atom stereocenters. The van der Waals surface area contributed by atoms with Gasteiger partial charge in [-0.3, -0.25) is 37.3 Å². The Hall–Kier alpha value is -4.80. The number of carbonyl (C=O) groups excluding carboxylic acids is 4. The second-order valence-corrected chi connectivity index (χ2v) is 28.8. The first-order chi connectivity index (χ1) is 49.7. The molecule has 5 atom stereocenters. The molecule has 0 aromatic heterocycles. The van der Waals surface area contributed by atoms with E-state index < -0.39 is 97.5 Å². The number of allylic oxidation sites excluding steroid dienone is 22. The van der Waals surface area contributed by atoms with Crippen LogP contribution in [0.25, 0.3) is 0 Å². The fraction of sp³-hybridized carbons (Fsp3) is 0.687. The lowest BCUT2D eigenvalue weighted by atomic mass is 10.1. The molecular weight excluding hydrogens is 1330 g/mol. The zero-order valence-corrected chi connectivity index (χ0v) is 65.5. The first kappa shape index (κ1) is 97.2. The molecule has 0 saturated carbocycles. The number of phosphoric acid groups is 2. The molecule has 0 amide bonds. The van der Waals surface area contributed by atoms with E-state index in [1.54, 1.807) is 0 Å². The highest BCUT2D eigenvalue weighted by atomic mass is 31.2. The summed E-state index contributed by atoms with van der Waals surface area (Å²) in [6.07, 6.45) is 83.0. The van der Waals surface area contributed by atoms with E-state index in [1.807, 2.05) is 24.3 Å². The highest BCUT2D eigenvalue weighted by Gasteiger charge is 2.30. The summed E-state index contributed by atoms with van der Waals surface area (Å²) >= 11 is 0. The van der Waals surface area contributed by atoms with Gasteiger partial charge in [0, 0.05) is 25.7 Å². The highest BCUT2D eigenvalue weighted by Crippen LogP contribution is 2.45. The summed E-state index contributed by atoms with van der Waals surface area (Å²) < 4.78 is 68.4. The number of rotatable bonds is 73. The number of aliphatic hydroxyl groups excluding tert-OH is 1. The zero-order valence-electron chi connectivity index (χ0n) is 63.7. The van der Waals surface area contributed by atoms with E-state index in [4.69, 9.17) is 37.0 Å². The lowest BCUT2D eigenvalue weighted by Gasteiger charge is -2.21. The van der Waals surface area contributed by atoms with E-state index in [-0.39, 0.29) is 25.7 Å². The van der Waals surface area contributed by atoms with Crippen molar-refractivity contribution >= 4 is 39.5 Å². The van der Waals surface area contributed by atoms with Crippen molar-refractivity contribution in [2.45, 2.75) is 329 Å². The molecule has 0 bridgehead atoms. The first-order valence-corrected chi connectivity index (χ1v) is 42.4. The maximum Gasteiger partial charge on any atom is 0.472 e. The quantitative estimate of drug-likeness (QED) is 0.0169. The highest BCUT2D eigenvalue weighted by molar-refractivity contribution is 7.47. The number of unbranched alkanes of at least 4 members (excludes halogenated alkanes) is 25. The summed E-state index contributed by atoms with van der Waals surface area (Å²) in [6, 6.07) is 0. The Kier molecular flexibility index (Phi) is 71.0. The standard InChI is InChI=1S/C83H140O17P2/c1-5-9-13-17-21-25-29-33-36-38-41-44-48-52-56-60-64-68-81(86)94-74-79(99-82(87)69-65-61-57-53-49-45-40-35-31-27-23-19-15-11-7-3)76-98-102(91,92)96-72-77(84)71-95-101(89,90)97-75-78(73-93-80(85)67-63-59-55-51-47-43-32-28-24-20-16-12-8-4)100-83(88)70-66-62-58-54-50-46-42-39-37-34-30-26-22-18-14-10-6-2/h21-23,25-28,32-37,40-42,44,46,52,54,56,58,77-79,84H,5-20,24,29-31,38-39,43,45,47-51,53,55,57,59-76H2,1-4H3,(H,89,90)(H,91,92)/b25-21-,26-22-,27-23-,32-28-,36-33-,37-34-,40-35-,44-41-,46-42-,56-52-,58-54-/t77-,78+,79+/m0/s1. The molecular formula is C83H140O17P2. The third-order valence-corrected chi connectivity index (χ3v) is 18.0. The molecule has 0 rings (SSSR count). The molecule has 0 aromatic rings. The molecule has 17 nitrogen and oxygen atoms in total. The molecule has 102 heavy (non-hydrogen) atoms. The van der Waals surface area contributed by atoms with Crippen molar-refractivity contribution in [1.82, 2.24) is 0 Å². The van der Waals surface area contributed by atoms with Crippen molar-refractivity contribution in [2.75, 3.05) is 39.6 Å². The maximum atomic E-state index is 13.1. The van der Waals surface area contributed by atoms with Crippen LogP contribution in [-0.4, -0.2) is 96.7 Å². The van der Waals surface area contributed by atoms with Crippen LogP contribution in [0.1, 0.15) is 310 Å². The Balaban J connectivity index is 5.48. The van der Waals surface area contributed by atoms with Crippen LogP contribution >= 0.6 is 15.6 Å². The molecule has 19 heteroatoms. The second kappa shape index (κ2) is 74.5. The van der Waals surface area contributed by atoms with Gasteiger partial charge in [-0.1, -0.05) is 258 Å². The van der Waals surface area contributed by atoms with E-state index in [1.165, 1.54) is 83.5 Å². The third-order valence-electron chi connectivity index (χ3n) is 16.1. The second-order valence-electron chi connectivity index (χ2n) is 25.9. The maximum absolute atomic E-state index is 13.1. The molecule has 0 radical (unpaired) electrons. The van der Waals surface area contributed by atoms with Crippen LogP contribution in [0.2, 0.25) is 0 Å². The average Bonchev–Trinajstić information content (AvgIpc) is 0.951. The van der Waals surface area contributed by atoms with Crippen molar-refractivity contribution in [3.8, 4) is 0 Å². The lowest BCUT2D eigenvalue weighted by molar-refractivity contribution is -0.161. The number of hydrogen-bond acceptors (Lipinski definition) is 15. The molecule has 584 valence electrons. The molecule has 0 spiro atoms. The predicted molar refractivity (Wildman–Crippen MR) is 418 cm³/mol. The Morgan fingerprint density at radius 3 is 0.814 bits per heavy atom. The minimum absolute atomic E-state index is 0.0135. The van der Waals surface area contributed by atoms with Crippen molar-refractivity contribution < 1.29 is 80.2 Å². The van der Waals surface area contributed by atoms with Crippen LogP contribution < -0.4 is 0 Å². The van der Waals surface area contributed by atoms with Crippen LogP contribution in [0.15, 0.2) is 134 Å². The van der Waals surface area contributed by atoms with E-state index in [2.05, 4.69) is 137 Å². The largest absolute Gasteiger partial charge is 0.472 e. The number of hydrogen-bond donors (Lipinski definition) is 3. The van der Waals surface area contributed by atoms with Crippen molar-refractivity contribution in [3.63, 3.8) is 0 Å².